The Hall–Kier alpha value is -0.950. The van der Waals surface area contributed by atoms with Crippen molar-refractivity contribution in [2.75, 3.05) is 32.1 Å². The molecule has 2 heterocycles. The van der Waals surface area contributed by atoms with E-state index in [1.165, 1.54) is 12.8 Å². The van der Waals surface area contributed by atoms with E-state index in [-0.39, 0.29) is 12.6 Å². The van der Waals surface area contributed by atoms with Crippen LogP contribution in [-0.2, 0) is 9.53 Å². The van der Waals surface area contributed by atoms with Gasteiger partial charge in [-0.25, -0.2) is 4.79 Å². The number of ether oxygens (including phenoxy) is 1. The molecule has 0 spiro atoms. The lowest BCUT2D eigenvalue weighted by Gasteiger charge is -2.33. The molecule has 0 saturated carbocycles. The molecule has 2 aliphatic heterocycles. The van der Waals surface area contributed by atoms with E-state index in [9.17, 15) is 14.7 Å². The Morgan fingerprint density at radius 1 is 1.24 bits per heavy atom. The first kappa shape index (κ1) is 16.4. The Bertz CT molecular complexity index is 366. The van der Waals surface area contributed by atoms with E-state index < -0.39 is 11.4 Å². The Morgan fingerprint density at radius 2 is 2.00 bits per heavy atom. The Labute approximate surface area is 129 Å². The maximum Gasteiger partial charge on any atom is 0.314 e. The quantitative estimate of drug-likeness (QED) is 0.714. The van der Waals surface area contributed by atoms with E-state index >= 15 is 0 Å². The van der Waals surface area contributed by atoms with Gasteiger partial charge >= 0.3 is 12.0 Å². The van der Waals surface area contributed by atoms with Gasteiger partial charge in [-0.1, -0.05) is 6.42 Å². The summed E-state index contributed by atoms with van der Waals surface area (Å²) in [5.41, 5.74) is -0.880. The first-order valence-corrected chi connectivity index (χ1v) is 8.62. The molecule has 2 saturated heterocycles. The van der Waals surface area contributed by atoms with Crippen molar-refractivity contribution in [1.82, 2.24) is 10.6 Å². The molecule has 2 amide bonds. The van der Waals surface area contributed by atoms with E-state index in [2.05, 4.69) is 10.6 Å². The summed E-state index contributed by atoms with van der Waals surface area (Å²) < 4.78 is 5.21. The molecule has 0 aromatic carbocycles. The molecular weight excluding hydrogens is 292 g/mol. The number of carbonyl (C=O) groups is 2. The molecule has 3 N–H and O–H groups in total. The van der Waals surface area contributed by atoms with Crippen molar-refractivity contribution in [3.63, 3.8) is 0 Å². The standard InChI is InChI=1S/C14H24N2O4S/c17-12(18)14(4-6-20-7-5-14)10-16-13(19)15-9-11-3-1-2-8-21-11/h11H,1-10H2,(H,17,18)(H2,15,16,19). The van der Waals surface area contributed by atoms with E-state index in [1.807, 2.05) is 11.8 Å². The highest BCUT2D eigenvalue weighted by Crippen LogP contribution is 2.30. The zero-order valence-electron chi connectivity index (χ0n) is 12.2. The number of aliphatic carboxylic acids is 1. The minimum absolute atomic E-state index is 0.162. The molecule has 2 aliphatic rings. The fraction of sp³-hybridized carbons (Fsp3) is 0.857. The topological polar surface area (TPSA) is 87.7 Å². The predicted octanol–water partition coefficient (Wildman–Crippen LogP) is 1.45. The van der Waals surface area contributed by atoms with Crippen LogP contribution < -0.4 is 10.6 Å². The van der Waals surface area contributed by atoms with Crippen LogP contribution in [-0.4, -0.2) is 54.4 Å². The molecule has 0 bridgehead atoms. The van der Waals surface area contributed by atoms with Crippen LogP contribution in [0.1, 0.15) is 32.1 Å². The molecule has 1 unspecified atom stereocenters. The van der Waals surface area contributed by atoms with Crippen LogP contribution in [0, 0.1) is 5.41 Å². The van der Waals surface area contributed by atoms with Crippen LogP contribution in [0.4, 0.5) is 4.79 Å². The summed E-state index contributed by atoms with van der Waals surface area (Å²) in [6, 6.07) is -0.270. The highest BCUT2D eigenvalue weighted by atomic mass is 32.2. The Morgan fingerprint density at radius 3 is 2.62 bits per heavy atom. The van der Waals surface area contributed by atoms with Crippen LogP contribution in [0.2, 0.25) is 0 Å². The summed E-state index contributed by atoms with van der Waals surface area (Å²) in [7, 11) is 0. The number of carboxylic acid groups (broad SMARTS) is 1. The number of urea groups is 1. The number of nitrogens with one attached hydrogen (secondary N) is 2. The first-order chi connectivity index (χ1) is 10.1. The minimum atomic E-state index is -0.880. The Balaban J connectivity index is 1.72. The normalized spacial score (nSPS) is 25.0. The highest BCUT2D eigenvalue weighted by Gasteiger charge is 2.40. The summed E-state index contributed by atoms with van der Waals surface area (Å²) in [5, 5.41) is 15.5. The first-order valence-electron chi connectivity index (χ1n) is 7.57. The van der Waals surface area contributed by atoms with Gasteiger partial charge in [0.2, 0.25) is 0 Å². The lowest BCUT2D eigenvalue weighted by atomic mass is 9.80. The number of carboxylic acids is 1. The maximum absolute atomic E-state index is 11.8. The molecule has 7 heteroatoms. The van der Waals surface area contributed by atoms with Gasteiger partial charge in [-0.3, -0.25) is 4.79 Å². The molecule has 0 aromatic heterocycles. The monoisotopic (exact) mass is 316 g/mol. The van der Waals surface area contributed by atoms with Gasteiger partial charge in [-0.15, -0.1) is 0 Å². The molecule has 2 fully saturated rings. The third-order valence-corrected chi connectivity index (χ3v) is 5.65. The van der Waals surface area contributed by atoms with Crippen molar-refractivity contribution in [1.29, 1.82) is 0 Å². The van der Waals surface area contributed by atoms with Crippen molar-refractivity contribution < 1.29 is 19.4 Å². The van der Waals surface area contributed by atoms with E-state index in [4.69, 9.17) is 4.74 Å². The smallest absolute Gasteiger partial charge is 0.314 e. The van der Waals surface area contributed by atoms with Crippen LogP contribution in [0.5, 0.6) is 0 Å². The molecular formula is C14H24N2O4S. The third kappa shape index (κ3) is 4.78. The summed E-state index contributed by atoms with van der Waals surface area (Å²) >= 11 is 1.90. The van der Waals surface area contributed by atoms with E-state index in [0.29, 0.717) is 37.9 Å². The van der Waals surface area contributed by atoms with Crippen LogP contribution >= 0.6 is 11.8 Å². The summed E-state index contributed by atoms with van der Waals surface area (Å²) in [6.07, 6.45) is 4.52. The van der Waals surface area contributed by atoms with Gasteiger partial charge in [0.1, 0.15) is 0 Å². The lowest BCUT2D eigenvalue weighted by molar-refractivity contribution is -0.154. The molecule has 120 valence electrons. The van der Waals surface area contributed by atoms with Crippen LogP contribution in [0.15, 0.2) is 0 Å². The number of thioether (sulfide) groups is 1. The second-order valence-electron chi connectivity index (χ2n) is 5.75. The van der Waals surface area contributed by atoms with Gasteiger partial charge in [0.05, 0.1) is 5.41 Å². The zero-order chi connectivity index (χ0) is 15.1. The lowest BCUT2D eigenvalue weighted by Crippen LogP contribution is -2.49. The van der Waals surface area contributed by atoms with Crippen molar-refractivity contribution >= 4 is 23.8 Å². The molecule has 0 aliphatic carbocycles. The zero-order valence-corrected chi connectivity index (χ0v) is 13.0. The number of amides is 2. The van der Waals surface area contributed by atoms with Crippen molar-refractivity contribution in [2.45, 2.75) is 37.4 Å². The van der Waals surface area contributed by atoms with Gasteiger partial charge < -0.3 is 20.5 Å². The number of hydrogen-bond acceptors (Lipinski definition) is 4. The van der Waals surface area contributed by atoms with Gasteiger partial charge in [0.25, 0.3) is 0 Å². The van der Waals surface area contributed by atoms with Gasteiger partial charge in [0.15, 0.2) is 0 Å². The van der Waals surface area contributed by atoms with E-state index in [1.54, 1.807) is 0 Å². The highest BCUT2D eigenvalue weighted by molar-refractivity contribution is 7.99. The second kappa shape index (κ2) is 7.89. The maximum atomic E-state index is 11.8. The average molecular weight is 316 g/mol. The van der Waals surface area contributed by atoms with Crippen molar-refractivity contribution in [3.05, 3.63) is 0 Å². The van der Waals surface area contributed by atoms with Crippen molar-refractivity contribution in [2.24, 2.45) is 5.41 Å². The number of carbonyl (C=O) groups excluding carboxylic acids is 1. The van der Waals surface area contributed by atoms with Crippen molar-refractivity contribution in [3.8, 4) is 0 Å². The van der Waals surface area contributed by atoms with Crippen LogP contribution in [0.3, 0.4) is 0 Å². The Kier molecular flexibility index (Phi) is 6.17. The molecule has 0 aromatic rings. The molecule has 0 radical (unpaired) electrons. The molecule has 21 heavy (non-hydrogen) atoms. The van der Waals surface area contributed by atoms with Gasteiger partial charge in [0, 0.05) is 31.6 Å². The number of rotatable bonds is 5. The van der Waals surface area contributed by atoms with E-state index in [0.717, 1.165) is 12.2 Å². The van der Waals surface area contributed by atoms with Gasteiger partial charge in [-0.05, 0) is 31.4 Å². The largest absolute Gasteiger partial charge is 0.481 e. The SMILES string of the molecule is O=C(NCC1CCCCS1)NCC1(C(=O)O)CCOCC1. The molecule has 6 nitrogen and oxygen atoms in total. The third-order valence-electron chi connectivity index (χ3n) is 4.26. The second-order valence-corrected chi connectivity index (χ2v) is 7.16. The van der Waals surface area contributed by atoms with Gasteiger partial charge in [-0.2, -0.15) is 11.8 Å². The van der Waals surface area contributed by atoms with Crippen LogP contribution in [0.25, 0.3) is 0 Å². The molecule has 1 atom stereocenters. The predicted molar refractivity (Wildman–Crippen MR) is 81.6 cm³/mol. The molecule has 2 rings (SSSR count). The fourth-order valence-electron chi connectivity index (χ4n) is 2.72. The average Bonchev–Trinajstić information content (AvgIpc) is 2.52. The summed E-state index contributed by atoms with van der Waals surface area (Å²) in [5.74, 6) is 0.310. The fourth-order valence-corrected chi connectivity index (χ4v) is 3.95. The summed E-state index contributed by atoms with van der Waals surface area (Å²) in [6.45, 7) is 1.69. The minimum Gasteiger partial charge on any atom is -0.481 e. The summed E-state index contributed by atoms with van der Waals surface area (Å²) in [4.78, 5) is 23.3. The number of hydrogen-bond donors (Lipinski definition) is 3.